The maximum atomic E-state index is 8.76. The Kier molecular flexibility index (Phi) is 3.82. The van der Waals surface area contributed by atoms with E-state index >= 15 is 0 Å². The van der Waals surface area contributed by atoms with Crippen LogP contribution in [0.2, 0.25) is 0 Å². The predicted molar refractivity (Wildman–Crippen MR) is 62.6 cm³/mol. The van der Waals surface area contributed by atoms with E-state index < -0.39 is 6.04 Å². The minimum absolute atomic E-state index is 0.00452. The molecule has 0 amide bonds. The Bertz CT molecular complexity index is 482. The lowest BCUT2D eigenvalue weighted by atomic mass is 10.2. The van der Waals surface area contributed by atoms with Gasteiger partial charge in [-0.3, -0.25) is 0 Å². The smallest absolute Gasteiger partial charge is 0.243 e. The summed E-state index contributed by atoms with van der Waals surface area (Å²) < 4.78 is 5.04. The van der Waals surface area contributed by atoms with Crippen LogP contribution in [0.25, 0.3) is 0 Å². The number of aromatic nitrogens is 3. The Morgan fingerprint density at radius 2 is 2.35 bits per heavy atom. The van der Waals surface area contributed by atoms with Gasteiger partial charge in [-0.15, -0.1) is 11.3 Å². The monoisotopic (exact) mass is 254 g/mol. The second kappa shape index (κ2) is 5.35. The van der Waals surface area contributed by atoms with E-state index in [0.29, 0.717) is 24.6 Å². The first kappa shape index (κ1) is 12.2. The molecule has 2 rings (SSSR count). The second-order valence-corrected chi connectivity index (χ2v) is 4.67. The summed E-state index contributed by atoms with van der Waals surface area (Å²) in [5.74, 6) is 0.935. The van der Waals surface area contributed by atoms with Crippen LogP contribution >= 0.6 is 11.3 Å². The first-order chi connectivity index (χ1) is 8.19. The lowest BCUT2D eigenvalue weighted by Gasteiger charge is -2.01. The predicted octanol–water partition coefficient (Wildman–Crippen LogP) is 0.808. The number of nitrogens with two attached hydrogens (primary N) is 1. The van der Waals surface area contributed by atoms with Crippen LogP contribution in [-0.2, 0) is 6.42 Å². The molecule has 2 aromatic heterocycles. The number of rotatable bonds is 5. The molecular weight excluding hydrogens is 240 g/mol. The number of aryl methyl sites for hydroxylation is 1. The van der Waals surface area contributed by atoms with Gasteiger partial charge in [0, 0.05) is 17.7 Å². The van der Waals surface area contributed by atoms with Crippen molar-refractivity contribution in [3.05, 3.63) is 27.8 Å². The third-order valence-corrected chi connectivity index (χ3v) is 3.18. The van der Waals surface area contributed by atoms with Gasteiger partial charge >= 0.3 is 0 Å². The van der Waals surface area contributed by atoms with Crippen molar-refractivity contribution in [2.75, 3.05) is 6.61 Å². The van der Waals surface area contributed by atoms with Crippen molar-refractivity contribution in [2.45, 2.75) is 25.8 Å². The fourth-order valence-corrected chi connectivity index (χ4v) is 2.14. The molecular formula is C10H14N4O2S. The summed E-state index contributed by atoms with van der Waals surface area (Å²) in [6, 6.07) is -0.403. The largest absolute Gasteiger partial charge is 0.396 e. The van der Waals surface area contributed by atoms with Gasteiger partial charge in [0.2, 0.25) is 5.89 Å². The van der Waals surface area contributed by atoms with Crippen molar-refractivity contribution in [1.82, 2.24) is 15.1 Å². The number of hydrogen-bond acceptors (Lipinski definition) is 7. The standard InChI is InChI=1S/C10H14N4O2S/c1-6-5-17-9(12-6)4-8-13-10(16-14-8)7(11)2-3-15/h5,7,15H,2-4,11H2,1H3. The normalized spacial score (nSPS) is 12.9. The number of aliphatic hydroxyl groups excluding tert-OH is 1. The Labute approximate surface area is 102 Å². The Hall–Kier alpha value is -1.31. The Morgan fingerprint density at radius 1 is 1.53 bits per heavy atom. The van der Waals surface area contributed by atoms with E-state index in [1.807, 2.05) is 12.3 Å². The fraction of sp³-hybridized carbons (Fsp3) is 0.500. The molecule has 0 radical (unpaired) electrons. The summed E-state index contributed by atoms with van der Waals surface area (Å²) in [6.07, 6.45) is 0.964. The molecule has 2 heterocycles. The zero-order valence-corrected chi connectivity index (χ0v) is 10.3. The SMILES string of the molecule is Cc1csc(Cc2noc(C(N)CCO)n2)n1. The van der Waals surface area contributed by atoms with Crippen molar-refractivity contribution in [3.8, 4) is 0 Å². The molecule has 0 bridgehead atoms. The summed E-state index contributed by atoms with van der Waals surface area (Å²) in [4.78, 5) is 8.51. The van der Waals surface area contributed by atoms with Gasteiger partial charge < -0.3 is 15.4 Å². The number of hydrogen-bond donors (Lipinski definition) is 2. The molecule has 0 aliphatic rings. The van der Waals surface area contributed by atoms with Crippen LogP contribution in [0.15, 0.2) is 9.90 Å². The quantitative estimate of drug-likeness (QED) is 0.819. The highest BCUT2D eigenvalue weighted by atomic mass is 32.1. The van der Waals surface area contributed by atoms with Crippen molar-refractivity contribution in [3.63, 3.8) is 0 Å². The number of nitrogens with zero attached hydrogens (tertiary/aromatic N) is 3. The maximum absolute atomic E-state index is 8.76. The summed E-state index contributed by atoms with van der Waals surface area (Å²) in [5.41, 5.74) is 6.74. The highest BCUT2D eigenvalue weighted by Crippen LogP contribution is 2.15. The number of aliphatic hydroxyl groups is 1. The molecule has 0 saturated heterocycles. The van der Waals surface area contributed by atoms with Gasteiger partial charge in [-0.2, -0.15) is 4.98 Å². The summed E-state index contributed by atoms with van der Waals surface area (Å²) in [5, 5.41) is 15.5. The molecule has 7 heteroatoms. The first-order valence-corrected chi connectivity index (χ1v) is 6.17. The molecule has 0 aliphatic carbocycles. The third kappa shape index (κ3) is 3.09. The van der Waals surface area contributed by atoms with Crippen LogP contribution in [0.1, 0.15) is 34.9 Å². The third-order valence-electron chi connectivity index (χ3n) is 2.22. The molecule has 6 nitrogen and oxygen atoms in total. The van der Waals surface area contributed by atoms with E-state index in [0.717, 1.165) is 10.7 Å². The highest BCUT2D eigenvalue weighted by Gasteiger charge is 2.15. The average Bonchev–Trinajstić information content (AvgIpc) is 2.89. The molecule has 1 atom stereocenters. The molecule has 0 spiro atoms. The minimum atomic E-state index is -0.403. The van der Waals surface area contributed by atoms with Crippen LogP contribution in [0.3, 0.4) is 0 Å². The van der Waals surface area contributed by atoms with Gasteiger partial charge in [-0.1, -0.05) is 5.16 Å². The molecule has 0 aliphatic heterocycles. The van der Waals surface area contributed by atoms with Gasteiger partial charge in [-0.25, -0.2) is 4.98 Å². The van der Waals surface area contributed by atoms with Crippen LogP contribution in [0, 0.1) is 6.92 Å². The van der Waals surface area contributed by atoms with Gasteiger partial charge in [-0.05, 0) is 13.3 Å². The van der Waals surface area contributed by atoms with E-state index in [9.17, 15) is 0 Å². The molecule has 92 valence electrons. The van der Waals surface area contributed by atoms with Crippen molar-refractivity contribution < 1.29 is 9.63 Å². The van der Waals surface area contributed by atoms with Crippen LogP contribution in [-0.4, -0.2) is 26.8 Å². The van der Waals surface area contributed by atoms with E-state index in [1.54, 1.807) is 11.3 Å². The van der Waals surface area contributed by atoms with Crippen molar-refractivity contribution in [2.24, 2.45) is 5.73 Å². The fourth-order valence-electron chi connectivity index (χ4n) is 1.37. The Morgan fingerprint density at radius 3 is 3.00 bits per heavy atom. The summed E-state index contributed by atoms with van der Waals surface area (Å²) in [6.45, 7) is 1.95. The summed E-state index contributed by atoms with van der Waals surface area (Å²) in [7, 11) is 0. The molecule has 3 N–H and O–H groups in total. The molecule has 0 aromatic carbocycles. The molecule has 0 fully saturated rings. The van der Waals surface area contributed by atoms with Crippen LogP contribution in [0.4, 0.5) is 0 Å². The van der Waals surface area contributed by atoms with Gasteiger partial charge in [0.1, 0.15) is 5.01 Å². The maximum Gasteiger partial charge on any atom is 0.243 e. The number of thiazole rings is 1. The molecule has 0 saturated carbocycles. The van der Waals surface area contributed by atoms with Crippen LogP contribution < -0.4 is 5.73 Å². The highest BCUT2D eigenvalue weighted by molar-refractivity contribution is 7.09. The Balaban J connectivity index is 2.03. The first-order valence-electron chi connectivity index (χ1n) is 5.29. The van der Waals surface area contributed by atoms with E-state index in [4.69, 9.17) is 15.4 Å². The minimum Gasteiger partial charge on any atom is -0.396 e. The molecule has 2 aromatic rings. The average molecular weight is 254 g/mol. The lowest BCUT2D eigenvalue weighted by Crippen LogP contribution is -2.12. The zero-order chi connectivity index (χ0) is 12.3. The van der Waals surface area contributed by atoms with Crippen molar-refractivity contribution >= 4 is 11.3 Å². The van der Waals surface area contributed by atoms with Crippen molar-refractivity contribution in [1.29, 1.82) is 0 Å². The second-order valence-electron chi connectivity index (χ2n) is 3.73. The van der Waals surface area contributed by atoms with Crippen LogP contribution in [0.5, 0.6) is 0 Å². The van der Waals surface area contributed by atoms with Gasteiger partial charge in [0.25, 0.3) is 0 Å². The van der Waals surface area contributed by atoms with E-state index in [-0.39, 0.29) is 6.61 Å². The lowest BCUT2D eigenvalue weighted by molar-refractivity contribution is 0.259. The van der Waals surface area contributed by atoms with Gasteiger partial charge in [0.15, 0.2) is 5.82 Å². The van der Waals surface area contributed by atoms with Gasteiger partial charge in [0.05, 0.1) is 12.5 Å². The summed E-state index contributed by atoms with van der Waals surface area (Å²) >= 11 is 1.57. The zero-order valence-electron chi connectivity index (χ0n) is 9.46. The molecule has 17 heavy (non-hydrogen) atoms. The van der Waals surface area contributed by atoms with E-state index in [2.05, 4.69) is 15.1 Å². The molecule has 1 unspecified atom stereocenters. The topological polar surface area (TPSA) is 98.1 Å². The van der Waals surface area contributed by atoms with E-state index in [1.165, 1.54) is 0 Å².